The highest BCUT2D eigenvalue weighted by atomic mass is 35.5. The maximum Gasteiger partial charge on any atom is 0.270 e. The van der Waals surface area contributed by atoms with Gasteiger partial charge in [0.1, 0.15) is 5.75 Å². The molecule has 0 unspecified atom stereocenters. The van der Waals surface area contributed by atoms with Crippen LogP contribution in [0.1, 0.15) is 5.56 Å². The third kappa shape index (κ3) is 2.65. The third-order valence-corrected chi connectivity index (χ3v) is 3.15. The van der Waals surface area contributed by atoms with Crippen LogP contribution in [0.25, 0.3) is 11.3 Å². The molecule has 5 nitrogen and oxygen atoms in total. The zero-order valence-electron chi connectivity index (χ0n) is 11.1. The molecule has 0 aliphatic heterocycles. The average molecular weight is 290 g/mol. The number of hydrogen-bond acceptors (Lipinski definition) is 4. The van der Waals surface area contributed by atoms with Crippen molar-refractivity contribution >= 4 is 11.6 Å². The Morgan fingerprint density at radius 1 is 1.45 bits per heavy atom. The monoisotopic (exact) mass is 289 g/mol. The predicted molar refractivity (Wildman–Crippen MR) is 75.8 cm³/mol. The van der Waals surface area contributed by atoms with Gasteiger partial charge in [-0.3, -0.25) is 4.79 Å². The van der Waals surface area contributed by atoms with Gasteiger partial charge in [-0.25, -0.2) is 4.68 Å². The van der Waals surface area contributed by atoms with E-state index in [1.807, 2.05) is 6.07 Å². The first-order chi connectivity index (χ1) is 9.56. The van der Waals surface area contributed by atoms with E-state index in [0.29, 0.717) is 22.0 Å². The van der Waals surface area contributed by atoms with Crippen molar-refractivity contribution in [2.75, 3.05) is 7.11 Å². The Hall–Kier alpha value is -2.32. The molecule has 0 amide bonds. The fourth-order valence-electron chi connectivity index (χ4n) is 1.85. The summed E-state index contributed by atoms with van der Waals surface area (Å²) >= 11 is 6.08. The summed E-state index contributed by atoms with van der Waals surface area (Å²) in [5, 5.41) is 13.4. The van der Waals surface area contributed by atoms with Crippen LogP contribution in [-0.4, -0.2) is 16.9 Å². The number of rotatable bonds is 3. The molecule has 2 aromatic rings. The Morgan fingerprint density at radius 2 is 2.20 bits per heavy atom. The van der Waals surface area contributed by atoms with Gasteiger partial charge in [0, 0.05) is 18.2 Å². The van der Waals surface area contributed by atoms with Crippen LogP contribution in [0.3, 0.4) is 0 Å². The number of hydrogen-bond donors (Lipinski definition) is 0. The minimum atomic E-state index is -0.269. The van der Waals surface area contributed by atoms with Gasteiger partial charge in [-0.05, 0) is 24.3 Å². The molecule has 0 atom stereocenters. The highest BCUT2D eigenvalue weighted by molar-refractivity contribution is 6.32. The number of benzene rings is 1. The van der Waals surface area contributed by atoms with E-state index in [1.165, 1.54) is 11.8 Å². The summed E-state index contributed by atoms with van der Waals surface area (Å²) < 4.78 is 6.31. The number of aromatic nitrogens is 2. The largest absolute Gasteiger partial charge is 0.495 e. The number of aryl methyl sites for hydroxylation is 1. The molecule has 6 heteroatoms. The van der Waals surface area contributed by atoms with Crippen LogP contribution in [-0.2, 0) is 13.5 Å². The smallest absolute Gasteiger partial charge is 0.270 e. The van der Waals surface area contributed by atoms with Crippen molar-refractivity contribution < 1.29 is 4.74 Å². The van der Waals surface area contributed by atoms with Gasteiger partial charge in [-0.15, -0.1) is 0 Å². The first-order valence-electron chi connectivity index (χ1n) is 5.85. The van der Waals surface area contributed by atoms with Crippen molar-refractivity contribution in [2.24, 2.45) is 7.05 Å². The molecule has 0 aliphatic carbocycles. The van der Waals surface area contributed by atoms with Crippen LogP contribution in [0.4, 0.5) is 0 Å². The molecule has 0 spiro atoms. The topological polar surface area (TPSA) is 67.9 Å². The van der Waals surface area contributed by atoms with Crippen molar-refractivity contribution in [3.8, 4) is 23.1 Å². The minimum Gasteiger partial charge on any atom is -0.495 e. The lowest BCUT2D eigenvalue weighted by atomic mass is 10.1. The normalized spacial score (nSPS) is 10.1. The molecule has 2 rings (SSSR count). The van der Waals surface area contributed by atoms with E-state index in [0.717, 1.165) is 5.56 Å². The highest BCUT2D eigenvalue weighted by Gasteiger charge is 2.10. The SMILES string of the molecule is COc1ccc(-c2cc(CC#N)c(=O)n(C)n2)cc1Cl. The maximum absolute atomic E-state index is 11.8. The number of nitrogens with zero attached hydrogens (tertiary/aromatic N) is 3. The molecular formula is C14H12ClN3O2. The van der Waals surface area contributed by atoms with Crippen molar-refractivity contribution in [1.29, 1.82) is 5.26 Å². The van der Waals surface area contributed by atoms with Gasteiger partial charge in [-0.1, -0.05) is 11.6 Å². The Balaban J connectivity index is 2.56. The average Bonchev–Trinajstić information content (AvgIpc) is 2.43. The Labute approximate surface area is 121 Å². The van der Waals surface area contributed by atoms with Gasteiger partial charge in [0.15, 0.2) is 0 Å². The number of halogens is 1. The standard InChI is InChI=1S/C14H12ClN3O2/c1-18-14(19)10(5-6-16)8-12(17-18)9-3-4-13(20-2)11(15)7-9/h3-4,7-8H,5H2,1-2H3. The summed E-state index contributed by atoms with van der Waals surface area (Å²) in [7, 11) is 3.09. The molecule has 0 bridgehead atoms. The van der Waals surface area contributed by atoms with Crippen LogP contribution in [0.5, 0.6) is 5.75 Å². The maximum atomic E-state index is 11.8. The van der Waals surface area contributed by atoms with Gasteiger partial charge in [0.25, 0.3) is 5.56 Å². The van der Waals surface area contributed by atoms with Gasteiger partial charge >= 0.3 is 0 Å². The Morgan fingerprint density at radius 3 is 2.80 bits per heavy atom. The quantitative estimate of drug-likeness (QED) is 0.868. The van der Waals surface area contributed by atoms with E-state index < -0.39 is 0 Å². The Kier molecular flexibility index (Phi) is 4.06. The molecule has 1 heterocycles. The molecule has 0 saturated heterocycles. The van der Waals surface area contributed by atoms with E-state index in [9.17, 15) is 4.79 Å². The molecule has 0 radical (unpaired) electrons. The van der Waals surface area contributed by atoms with Crippen LogP contribution in [0, 0.1) is 11.3 Å². The second-order valence-corrected chi connectivity index (χ2v) is 4.57. The fourth-order valence-corrected chi connectivity index (χ4v) is 2.11. The summed E-state index contributed by atoms with van der Waals surface area (Å²) in [4.78, 5) is 11.8. The zero-order valence-corrected chi connectivity index (χ0v) is 11.8. The van der Waals surface area contributed by atoms with E-state index in [-0.39, 0.29) is 12.0 Å². The highest BCUT2D eigenvalue weighted by Crippen LogP contribution is 2.29. The molecule has 0 saturated carbocycles. The second kappa shape index (κ2) is 5.76. The van der Waals surface area contributed by atoms with Crippen molar-refractivity contribution in [3.05, 3.63) is 45.2 Å². The molecule has 1 aromatic carbocycles. The summed E-state index contributed by atoms with van der Waals surface area (Å²) in [5.74, 6) is 0.567. The minimum absolute atomic E-state index is 0.0477. The summed E-state index contributed by atoms with van der Waals surface area (Å²) in [5.41, 5.74) is 1.48. The predicted octanol–water partition coefficient (Wildman–Crippen LogP) is 2.18. The molecule has 0 N–H and O–H groups in total. The zero-order chi connectivity index (χ0) is 14.7. The molecule has 102 valence electrons. The lowest BCUT2D eigenvalue weighted by Gasteiger charge is -2.08. The van der Waals surface area contributed by atoms with E-state index in [4.69, 9.17) is 21.6 Å². The van der Waals surface area contributed by atoms with E-state index >= 15 is 0 Å². The van der Waals surface area contributed by atoms with Gasteiger partial charge in [0.05, 0.1) is 30.3 Å². The van der Waals surface area contributed by atoms with E-state index in [2.05, 4.69) is 5.10 Å². The van der Waals surface area contributed by atoms with Gasteiger partial charge in [0.2, 0.25) is 0 Å². The van der Waals surface area contributed by atoms with Crippen molar-refractivity contribution in [3.63, 3.8) is 0 Å². The number of nitriles is 1. The second-order valence-electron chi connectivity index (χ2n) is 4.17. The first-order valence-corrected chi connectivity index (χ1v) is 6.22. The first kappa shape index (κ1) is 14.1. The molecule has 0 fully saturated rings. The van der Waals surface area contributed by atoms with Crippen LogP contribution in [0.15, 0.2) is 29.1 Å². The lowest BCUT2D eigenvalue weighted by molar-refractivity contribution is 0.415. The van der Waals surface area contributed by atoms with Crippen molar-refractivity contribution in [2.45, 2.75) is 6.42 Å². The van der Waals surface area contributed by atoms with Gasteiger partial charge in [-0.2, -0.15) is 10.4 Å². The summed E-state index contributed by atoms with van der Waals surface area (Å²) in [6.07, 6.45) is 0.0477. The number of methoxy groups -OCH3 is 1. The molecular weight excluding hydrogens is 278 g/mol. The molecule has 20 heavy (non-hydrogen) atoms. The van der Waals surface area contributed by atoms with Crippen LogP contribution < -0.4 is 10.3 Å². The van der Waals surface area contributed by atoms with E-state index in [1.54, 1.807) is 31.3 Å². The van der Waals surface area contributed by atoms with Crippen molar-refractivity contribution in [1.82, 2.24) is 9.78 Å². The molecule has 1 aromatic heterocycles. The fraction of sp³-hybridized carbons (Fsp3) is 0.214. The Bertz CT molecular complexity index is 747. The molecule has 0 aliphatic rings. The lowest BCUT2D eigenvalue weighted by Crippen LogP contribution is -2.23. The third-order valence-electron chi connectivity index (χ3n) is 2.85. The van der Waals surface area contributed by atoms with Gasteiger partial charge < -0.3 is 4.74 Å². The van der Waals surface area contributed by atoms with Crippen LogP contribution in [0.2, 0.25) is 5.02 Å². The summed E-state index contributed by atoms with van der Waals surface area (Å²) in [6.45, 7) is 0. The summed E-state index contributed by atoms with van der Waals surface area (Å²) in [6, 6.07) is 8.83. The van der Waals surface area contributed by atoms with Crippen LogP contribution >= 0.6 is 11.6 Å². The number of ether oxygens (including phenoxy) is 1.